The van der Waals surface area contributed by atoms with Crippen LogP contribution >= 0.6 is 0 Å². The van der Waals surface area contributed by atoms with Crippen LogP contribution in [0.25, 0.3) is 11.1 Å². The zero-order valence-corrected chi connectivity index (χ0v) is 9.51. The molecule has 0 aliphatic carbocycles. The summed E-state index contributed by atoms with van der Waals surface area (Å²) in [5.74, 6) is -1.87. The van der Waals surface area contributed by atoms with E-state index in [2.05, 4.69) is 14.9 Å². The van der Waals surface area contributed by atoms with Crippen molar-refractivity contribution in [2.24, 2.45) is 0 Å². The molecule has 1 aromatic heterocycles. The van der Waals surface area contributed by atoms with Crippen LogP contribution in [0.1, 0.15) is 21.0 Å². The van der Waals surface area contributed by atoms with E-state index in [1.54, 1.807) is 30.3 Å². The van der Waals surface area contributed by atoms with Gasteiger partial charge in [0.1, 0.15) is 0 Å². The lowest BCUT2D eigenvalue weighted by molar-refractivity contribution is 0.0594. The fourth-order valence-corrected chi connectivity index (χ4v) is 1.63. The van der Waals surface area contributed by atoms with Gasteiger partial charge in [0.05, 0.1) is 7.11 Å². The number of H-pyrrole nitrogens is 1. The maximum Gasteiger partial charge on any atom is 0.357 e. The van der Waals surface area contributed by atoms with Crippen LogP contribution in [0.3, 0.4) is 0 Å². The number of methoxy groups -OCH3 is 1. The first-order chi connectivity index (χ1) is 8.65. The Balaban J connectivity index is 2.65. The van der Waals surface area contributed by atoms with Gasteiger partial charge in [0.25, 0.3) is 0 Å². The Bertz CT molecular complexity index is 589. The molecule has 2 aromatic rings. The highest BCUT2D eigenvalue weighted by Crippen LogP contribution is 2.26. The maximum atomic E-state index is 11.6. The summed E-state index contributed by atoms with van der Waals surface area (Å²) in [6, 6.07) is 8.68. The quantitative estimate of drug-likeness (QED) is 0.802. The number of carboxylic acids is 1. The standard InChI is InChI=1S/C12H10N2O4/c1-18-12(17)10-8(7-5-3-2-4-6-7)9(11(15)16)13-14-10/h2-6H,1H3,(H,13,14)(H,15,16). The molecule has 6 heteroatoms. The summed E-state index contributed by atoms with van der Waals surface area (Å²) >= 11 is 0. The maximum absolute atomic E-state index is 11.6. The third kappa shape index (κ3) is 1.95. The molecule has 0 atom stereocenters. The van der Waals surface area contributed by atoms with E-state index in [0.717, 1.165) is 0 Å². The molecular weight excluding hydrogens is 236 g/mol. The SMILES string of the molecule is COC(=O)c1[nH]nc(C(=O)O)c1-c1ccccc1. The van der Waals surface area contributed by atoms with Crippen LogP contribution in [0.15, 0.2) is 30.3 Å². The average Bonchev–Trinajstić information content (AvgIpc) is 2.83. The van der Waals surface area contributed by atoms with Gasteiger partial charge in [-0.2, -0.15) is 5.10 Å². The molecule has 6 nitrogen and oxygen atoms in total. The van der Waals surface area contributed by atoms with E-state index in [1.807, 2.05) is 0 Å². The first-order valence-corrected chi connectivity index (χ1v) is 5.10. The van der Waals surface area contributed by atoms with E-state index in [4.69, 9.17) is 5.11 Å². The zero-order chi connectivity index (χ0) is 13.1. The third-order valence-corrected chi connectivity index (χ3v) is 2.42. The molecule has 1 heterocycles. The molecule has 0 bridgehead atoms. The number of hydrogen-bond acceptors (Lipinski definition) is 4. The van der Waals surface area contributed by atoms with Gasteiger partial charge >= 0.3 is 11.9 Å². The van der Waals surface area contributed by atoms with E-state index in [9.17, 15) is 9.59 Å². The van der Waals surface area contributed by atoms with E-state index >= 15 is 0 Å². The highest BCUT2D eigenvalue weighted by Gasteiger charge is 2.24. The number of nitrogens with one attached hydrogen (secondary N) is 1. The molecule has 2 N–H and O–H groups in total. The van der Waals surface area contributed by atoms with Crippen LogP contribution < -0.4 is 0 Å². The zero-order valence-electron chi connectivity index (χ0n) is 9.51. The van der Waals surface area contributed by atoms with Crippen molar-refractivity contribution in [3.8, 4) is 11.1 Å². The normalized spacial score (nSPS) is 10.1. The molecule has 1 aromatic carbocycles. The number of esters is 1. The molecular formula is C12H10N2O4. The number of carbonyl (C=O) groups excluding carboxylic acids is 1. The monoisotopic (exact) mass is 246 g/mol. The summed E-state index contributed by atoms with van der Waals surface area (Å²) in [5, 5.41) is 15.1. The Morgan fingerprint density at radius 2 is 1.94 bits per heavy atom. The van der Waals surface area contributed by atoms with Crippen molar-refractivity contribution in [2.45, 2.75) is 0 Å². The molecule has 0 fully saturated rings. The number of carboxylic acid groups (broad SMARTS) is 1. The Labute approximate surface area is 102 Å². The minimum atomic E-state index is -1.21. The van der Waals surface area contributed by atoms with Crippen molar-refractivity contribution in [1.82, 2.24) is 10.2 Å². The summed E-state index contributed by atoms with van der Waals surface area (Å²) in [6.07, 6.45) is 0. The smallest absolute Gasteiger partial charge is 0.357 e. The molecule has 0 radical (unpaired) electrons. The minimum Gasteiger partial charge on any atom is -0.476 e. The Hall–Kier alpha value is -2.63. The number of rotatable bonds is 3. The van der Waals surface area contributed by atoms with Gasteiger partial charge in [-0.15, -0.1) is 0 Å². The first kappa shape index (κ1) is 11.8. The fourth-order valence-electron chi connectivity index (χ4n) is 1.63. The number of aromatic nitrogens is 2. The van der Waals surface area contributed by atoms with Gasteiger partial charge in [0.15, 0.2) is 11.4 Å². The molecule has 0 saturated carbocycles. The van der Waals surface area contributed by atoms with Crippen molar-refractivity contribution in [3.63, 3.8) is 0 Å². The molecule has 18 heavy (non-hydrogen) atoms. The number of benzene rings is 1. The molecule has 0 aliphatic rings. The van der Waals surface area contributed by atoms with Crippen molar-refractivity contribution in [1.29, 1.82) is 0 Å². The van der Waals surface area contributed by atoms with Crippen LogP contribution in [-0.4, -0.2) is 34.4 Å². The van der Waals surface area contributed by atoms with Crippen LogP contribution in [-0.2, 0) is 4.74 Å². The summed E-state index contributed by atoms with van der Waals surface area (Å²) < 4.78 is 4.59. The predicted molar refractivity (Wildman–Crippen MR) is 62.3 cm³/mol. The fraction of sp³-hybridized carbons (Fsp3) is 0.0833. The van der Waals surface area contributed by atoms with Gasteiger partial charge in [0.2, 0.25) is 0 Å². The van der Waals surface area contributed by atoms with Gasteiger partial charge in [-0.3, -0.25) is 5.10 Å². The number of nitrogens with zero attached hydrogens (tertiary/aromatic N) is 1. The Morgan fingerprint density at radius 3 is 2.50 bits per heavy atom. The second-order valence-electron chi connectivity index (χ2n) is 3.48. The van der Waals surface area contributed by atoms with Crippen LogP contribution in [0.4, 0.5) is 0 Å². The first-order valence-electron chi connectivity index (χ1n) is 5.10. The number of aromatic carboxylic acids is 1. The molecule has 0 unspecified atom stereocenters. The van der Waals surface area contributed by atoms with Gasteiger partial charge in [-0.25, -0.2) is 9.59 Å². The van der Waals surface area contributed by atoms with Crippen molar-refractivity contribution < 1.29 is 19.4 Å². The number of carbonyl (C=O) groups is 2. The van der Waals surface area contributed by atoms with Crippen LogP contribution in [0, 0.1) is 0 Å². The van der Waals surface area contributed by atoms with Crippen LogP contribution in [0.2, 0.25) is 0 Å². The Morgan fingerprint density at radius 1 is 1.28 bits per heavy atom. The van der Waals surface area contributed by atoms with Gasteiger partial charge in [-0.1, -0.05) is 30.3 Å². The van der Waals surface area contributed by atoms with E-state index in [-0.39, 0.29) is 17.0 Å². The minimum absolute atomic E-state index is 0.0288. The number of ether oxygens (including phenoxy) is 1. The molecule has 2 rings (SSSR count). The van der Waals surface area contributed by atoms with E-state index in [1.165, 1.54) is 7.11 Å². The molecule has 0 amide bonds. The van der Waals surface area contributed by atoms with E-state index in [0.29, 0.717) is 5.56 Å². The summed E-state index contributed by atoms with van der Waals surface area (Å²) in [6.45, 7) is 0. The third-order valence-electron chi connectivity index (χ3n) is 2.42. The molecule has 0 spiro atoms. The number of hydrogen-bond donors (Lipinski definition) is 2. The molecule has 0 aliphatic heterocycles. The molecule has 92 valence electrons. The lowest BCUT2D eigenvalue weighted by Crippen LogP contribution is -2.05. The van der Waals surface area contributed by atoms with Crippen molar-refractivity contribution in [2.75, 3.05) is 7.11 Å². The summed E-state index contributed by atoms with van der Waals surface area (Å²) in [7, 11) is 1.22. The lowest BCUT2D eigenvalue weighted by atomic mass is 10.0. The highest BCUT2D eigenvalue weighted by atomic mass is 16.5. The van der Waals surface area contributed by atoms with Crippen molar-refractivity contribution in [3.05, 3.63) is 41.7 Å². The van der Waals surface area contributed by atoms with Gasteiger partial charge < -0.3 is 9.84 Å². The second-order valence-corrected chi connectivity index (χ2v) is 3.48. The number of aromatic amines is 1. The predicted octanol–water partition coefficient (Wildman–Crippen LogP) is 1.56. The second kappa shape index (κ2) is 4.70. The molecule has 0 saturated heterocycles. The lowest BCUT2D eigenvalue weighted by Gasteiger charge is -2.02. The largest absolute Gasteiger partial charge is 0.476 e. The van der Waals surface area contributed by atoms with Gasteiger partial charge in [0, 0.05) is 5.56 Å². The highest BCUT2D eigenvalue weighted by molar-refractivity contribution is 6.03. The topological polar surface area (TPSA) is 92.3 Å². The van der Waals surface area contributed by atoms with Crippen LogP contribution in [0.5, 0.6) is 0 Å². The van der Waals surface area contributed by atoms with Gasteiger partial charge in [-0.05, 0) is 5.56 Å². The van der Waals surface area contributed by atoms with E-state index < -0.39 is 11.9 Å². The average molecular weight is 246 g/mol. The summed E-state index contributed by atoms with van der Waals surface area (Å²) in [4.78, 5) is 22.6. The van der Waals surface area contributed by atoms with Crippen molar-refractivity contribution >= 4 is 11.9 Å². The Kier molecular flexibility index (Phi) is 3.09. The summed E-state index contributed by atoms with van der Waals surface area (Å²) in [5.41, 5.74) is 0.640.